The number of alkyl halides is 3. The van der Waals surface area contributed by atoms with E-state index in [9.17, 15) is 21.6 Å². The Kier molecular flexibility index (Phi) is 7.51. The molecular formula is C24H23ClF3NO2S. The number of anilines is 1. The fourth-order valence-corrected chi connectivity index (χ4v) is 5.24. The number of hydrogen-bond donors (Lipinski definition) is 0. The molecule has 3 rings (SSSR count). The molecule has 0 amide bonds. The fraction of sp³-hybridized carbons (Fsp3) is 0.250. The highest BCUT2D eigenvalue weighted by Gasteiger charge is 2.33. The topological polar surface area (TPSA) is 37.4 Å². The smallest absolute Gasteiger partial charge is 0.267 e. The summed E-state index contributed by atoms with van der Waals surface area (Å²) >= 11 is 6.20. The van der Waals surface area contributed by atoms with Crippen molar-refractivity contribution in [1.29, 1.82) is 0 Å². The van der Waals surface area contributed by atoms with E-state index < -0.39 is 26.7 Å². The zero-order chi connectivity index (χ0) is 23.4. The molecular weight excluding hydrogens is 459 g/mol. The summed E-state index contributed by atoms with van der Waals surface area (Å²) in [6.07, 6.45) is -2.31. The van der Waals surface area contributed by atoms with E-state index in [1.165, 1.54) is 6.07 Å². The first-order valence-corrected chi connectivity index (χ1v) is 12.0. The van der Waals surface area contributed by atoms with Gasteiger partial charge < -0.3 is 0 Å². The van der Waals surface area contributed by atoms with Crippen molar-refractivity contribution in [2.24, 2.45) is 0 Å². The largest absolute Gasteiger partial charge is 0.416 e. The predicted molar refractivity (Wildman–Crippen MR) is 122 cm³/mol. The van der Waals surface area contributed by atoms with Crippen LogP contribution in [0.5, 0.6) is 0 Å². The van der Waals surface area contributed by atoms with Gasteiger partial charge in [-0.2, -0.15) is 13.2 Å². The third-order valence-electron chi connectivity index (χ3n) is 5.10. The summed E-state index contributed by atoms with van der Waals surface area (Å²) in [5.74, 6) is 0. The zero-order valence-electron chi connectivity index (χ0n) is 17.4. The number of halogens is 4. The average Bonchev–Trinajstić information content (AvgIpc) is 2.75. The lowest BCUT2D eigenvalue weighted by molar-refractivity contribution is -0.137. The van der Waals surface area contributed by atoms with Crippen molar-refractivity contribution in [2.45, 2.75) is 37.3 Å². The lowest BCUT2D eigenvalue weighted by Gasteiger charge is -2.24. The highest BCUT2D eigenvalue weighted by molar-refractivity contribution is 7.92. The van der Waals surface area contributed by atoms with Gasteiger partial charge in [-0.3, -0.25) is 4.31 Å². The maximum absolute atomic E-state index is 13.1. The van der Waals surface area contributed by atoms with Crippen molar-refractivity contribution in [3.63, 3.8) is 0 Å². The normalized spacial score (nSPS) is 12.0. The van der Waals surface area contributed by atoms with E-state index in [1.54, 1.807) is 25.1 Å². The molecule has 0 aliphatic rings. The second-order valence-electron chi connectivity index (χ2n) is 7.31. The Morgan fingerprint density at radius 1 is 0.906 bits per heavy atom. The molecule has 0 saturated heterocycles. The molecule has 0 spiro atoms. The monoisotopic (exact) mass is 481 g/mol. The maximum atomic E-state index is 13.1. The van der Waals surface area contributed by atoms with E-state index in [4.69, 9.17) is 11.6 Å². The third kappa shape index (κ3) is 5.64. The average molecular weight is 482 g/mol. The molecule has 0 bridgehead atoms. The van der Waals surface area contributed by atoms with E-state index in [0.29, 0.717) is 23.2 Å². The van der Waals surface area contributed by atoms with Crippen molar-refractivity contribution >= 4 is 27.3 Å². The molecule has 0 saturated carbocycles. The van der Waals surface area contributed by atoms with Gasteiger partial charge in [-0.25, -0.2) is 8.42 Å². The summed E-state index contributed by atoms with van der Waals surface area (Å²) in [5.41, 5.74) is 1.41. The minimum atomic E-state index is -4.62. The van der Waals surface area contributed by atoms with Gasteiger partial charge in [-0.05, 0) is 73.7 Å². The third-order valence-corrected chi connectivity index (χ3v) is 7.37. The van der Waals surface area contributed by atoms with Crippen LogP contribution in [0.15, 0.2) is 77.7 Å². The minimum Gasteiger partial charge on any atom is -0.267 e. The van der Waals surface area contributed by atoms with Gasteiger partial charge in [0.05, 0.1) is 16.1 Å². The summed E-state index contributed by atoms with van der Waals surface area (Å²) in [5, 5.41) is 0.714. The molecule has 0 unspecified atom stereocenters. The van der Waals surface area contributed by atoms with Crippen molar-refractivity contribution in [1.82, 2.24) is 0 Å². The minimum absolute atomic E-state index is 0.0850. The second kappa shape index (κ2) is 9.96. The Hall–Kier alpha value is -2.51. The Labute approximate surface area is 191 Å². The number of nitrogens with zero attached hydrogens (tertiary/aromatic N) is 1. The molecule has 32 heavy (non-hydrogen) atoms. The number of hydrogen-bond acceptors (Lipinski definition) is 2. The first kappa shape index (κ1) is 24.1. The van der Waals surface area contributed by atoms with Gasteiger partial charge in [-0.1, -0.05) is 48.0 Å². The molecule has 0 aliphatic heterocycles. The quantitative estimate of drug-likeness (QED) is 0.357. The predicted octanol–water partition coefficient (Wildman–Crippen LogP) is 6.75. The van der Waals surface area contributed by atoms with Gasteiger partial charge >= 0.3 is 6.18 Å². The first-order valence-electron chi connectivity index (χ1n) is 10.2. The van der Waals surface area contributed by atoms with Crippen LogP contribution in [0.2, 0.25) is 5.02 Å². The number of benzene rings is 3. The molecule has 8 heteroatoms. The molecule has 0 aromatic heterocycles. The highest BCUT2D eigenvalue weighted by atomic mass is 35.5. The van der Waals surface area contributed by atoms with Gasteiger partial charge in [-0.15, -0.1) is 0 Å². The van der Waals surface area contributed by atoms with Gasteiger partial charge in [0.2, 0.25) is 0 Å². The van der Waals surface area contributed by atoms with E-state index in [2.05, 4.69) is 0 Å². The maximum Gasteiger partial charge on any atom is 0.416 e. The standard InChI is InChI=1S/C24H23ClF3NO2S/c1-2-29(32(30,31)22-14-7-12-20(17-22)24(26,27)28)21-13-6-9-18(16-21)8-5-11-19-10-3-4-15-23(19)25/h3-4,6-7,9-10,12-17H,2,5,8,11H2,1H3. The van der Waals surface area contributed by atoms with E-state index in [0.717, 1.165) is 40.4 Å². The lowest BCUT2D eigenvalue weighted by Crippen LogP contribution is -2.31. The van der Waals surface area contributed by atoms with Crippen molar-refractivity contribution in [3.05, 3.63) is 94.5 Å². The first-order chi connectivity index (χ1) is 15.1. The Morgan fingerprint density at radius 2 is 1.62 bits per heavy atom. The van der Waals surface area contributed by atoms with Crippen LogP contribution in [0.1, 0.15) is 30.0 Å². The van der Waals surface area contributed by atoms with E-state index >= 15 is 0 Å². The zero-order valence-corrected chi connectivity index (χ0v) is 19.0. The molecule has 3 aromatic rings. The summed E-state index contributed by atoms with van der Waals surface area (Å²) < 4.78 is 66.6. The summed E-state index contributed by atoms with van der Waals surface area (Å²) in [6.45, 7) is 1.73. The molecule has 3 nitrogen and oxygen atoms in total. The summed E-state index contributed by atoms with van der Waals surface area (Å²) in [7, 11) is -4.16. The van der Waals surface area contributed by atoms with Gasteiger partial charge in [0, 0.05) is 11.6 Å². The molecule has 0 fully saturated rings. The van der Waals surface area contributed by atoms with Crippen molar-refractivity contribution in [2.75, 3.05) is 10.8 Å². The van der Waals surface area contributed by atoms with Crippen LogP contribution in [0, 0.1) is 0 Å². The Bertz CT molecular complexity index is 1180. The van der Waals surface area contributed by atoms with Crippen molar-refractivity contribution < 1.29 is 21.6 Å². The number of sulfonamides is 1. The van der Waals surface area contributed by atoms with Crippen LogP contribution in [-0.4, -0.2) is 15.0 Å². The molecule has 0 N–H and O–H groups in total. The van der Waals surface area contributed by atoms with Crippen LogP contribution in [0.3, 0.4) is 0 Å². The molecule has 170 valence electrons. The summed E-state index contributed by atoms with van der Waals surface area (Å²) in [6, 6.07) is 18.5. The van der Waals surface area contributed by atoms with Crippen molar-refractivity contribution in [3.8, 4) is 0 Å². The van der Waals surface area contributed by atoms with Crippen LogP contribution in [-0.2, 0) is 29.0 Å². The summed E-state index contributed by atoms with van der Waals surface area (Å²) in [4.78, 5) is -0.390. The Morgan fingerprint density at radius 3 is 2.31 bits per heavy atom. The molecule has 0 radical (unpaired) electrons. The number of aryl methyl sites for hydroxylation is 2. The molecule has 0 heterocycles. The van der Waals surface area contributed by atoms with Gasteiger partial charge in [0.1, 0.15) is 0 Å². The van der Waals surface area contributed by atoms with E-state index in [-0.39, 0.29) is 6.54 Å². The lowest BCUT2D eigenvalue weighted by atomic mass is 10.0. The van der Waals surface area contributed by atoms with Crippen LogP contribution in [0.4, 0.5) is 18.9 Å². The van der Waals surface area contributed by atoms with Gasteiger partial charge in [0.25, 0.3) is 10.0 Å². The van der Waals surface area contributed by atoms with Crippen LogP contribution >= 0.6 is 11.6 Å². The van der Waals surface area contributed by atoms with Crippen LogP contribution < -0.4 is 4.31 Å². The van der Waals surface area contributed by atoms with Gasteiger partial charge in [0.15, 0.2) is 0 Å². The SMILES string of the molecule is CCN(c1cccc(CCCc2ccccc2Cl)c1)S(=O)(=O)c1cccc(C(F)(F)F)c1. The number of rotatable bonds is 8. The fourth-order valence-electron chi connectivity index (χ4n) is 3.50. The molecule has 0 atom stereocenters. The molecule has 0 aliphatic carbocycles. The van der Waals surface area contributed by atoms with E-state index in [1.807, 2.05) is 30.3 Å². The molecule has 3 aromatic carbocycles. The van der Waals surface area contributed by atoms with Crippen LogP contribution in [0.25, 0.3) is 0 Å². The second-order valence-corrected chi connectivity index (χ2v) is 9.58. The Balaban J connectivity index is 1.81. The highest BCUT2D eigenvalue weighted by Crippen LogP contribution is 2.32.